The van der Waals surface area contributed by atoms with Gasteiger partial charge in [0.05, 0.1) is 30.8 Å². The number of amides is 2. The minimum Gasteiger partial charge on any atom is -0.478 e. The Morgan fingerprint density at radius 3 is 2.41 bits per heavy atom. The first-order valence-corrected chi connectivity index (χ1v) is 9.46. The van der Waals surface area contributed by atoms with Crippen molar-refractivity contribution in [3.63, 3.8) is 0 Å². The maximum atomic E-state index is 12.9. The van der Waals surface area contributed by atoms with E-state index in [-0.39, 0.29) is 34.7 Å². The molecule has 1 heterocycles. The summed E-state index contributed by atoms with van der Waals surface area (Å²) in [6.45, 7) is -1.51. The van der Waals surface area contributed by atoms with Crippen LogP contribution >= 0.6 is 0 Å². The molecule has 8 nitrogen and oxygen atoms in total. The maximum Gasteiger partial charge on any atom is 0.387 e. The number of urea groups is 1. The highest BCUT2D eigenvalue weighted by atomic mass is 19.3. The van der Waals surface area contributed by atoms with Crippen molar-refractivity contribution in [2.24, 2.45) is 0 Å². The van der Waals surface area contributed by atoms with E-state index in [4.69, 9.17) is 9.84 Å². The molecule has 0 aromatic heterocycles. The monoisotopic (exact) mass is 446 g/mol. The molecule has 0 radical (unpaired) electrons. The van der Waals surface area contributed by atoms with Crippen LogP contribution in [0, 0.1) is 0 Å². The number of rotatable bonds is 7. The number of aromatic carboxylic acids is 1. The second-order valence-corrected chi connectivity index (χ2v) is 6.88. The summed E-state index contributed by atoms with van der Waals surface area (Å²) in [4.78, 5) is 37.8. The second-order valence-electron chi connectivity index (χ2n) is 6.88. The van der Waals surface area contributed by atoms with Gasteiger partial charge in [-0.2, -0.15) is 8.78 Å². The van der Waals surface area contributed by atoms with E-state index in [1.807, 2.05) is 0 Å². The fourth-order valence-corrected chi connectivity index (χ4v) is 3.44. The van der Waals surface area contributed by atoms with Crippen LogP contribution in [0.3, 0.4) is 0 Å². The lowest BCUT2D eigenvalue weighted by Crippen LogP contribution is -2.47. The summed E-state index contributed by atoms with van der Waals surface area (Å²) in [7, 11) is 1.17. The largest absolute Gasteiger partial charge is 0.478 e. The molecule has 0 fully saturated rings. The van der Waals surface area contributed by atoms with Crippen molar-refractivity contribution in [1.82, 2.24) is 10.2 Å². The molecule has 0 bridgehead atoms. The summed E-state index contributed by atoms with van der Waals surface area (Å²) < 4.78 is 35.2. The van der Waals surface area contributed by atoms with Crippen LogP contribution in [-0.4, -0.2) is 41.7 Å². The Kier molecular flexibility index (Phi) is 6.72. The van der Waals surface area contributed by atoms with Gasteiger partial charge < -0.3 is 19.9 Å². The summed E-state index contributed by atoms with van der Waals surface area (Å²) in [6, 6.07) is 10.1. The Morgan fingerprint density at radius 2 is 1.81 bits per heavy atom. The highest BCUT2D eigenvalue weighted by Crippen LogP contribution is 2.36. The summed E-state index contributed by atoms with van der Waals surface area (Å²) >= 11 is 0. The number of nitrogens with zero attached hydrogens (tertiary/aromatic N) is 1. The normalized spacial score (nSPS) is 16.1. The van der Waals surface area contributed by atoms with Crippen molar-refractivity contribution in [2.75, 3.05) is 7.11 Å². The van der Waals surface area contributed by atoms with Gasteiger partial charge in [0.1, 0.15) is 5.75 Å². The van der Waals surface area contributed by atoms with E-state index < -0.39 is 30.6 Å². The Morgan fingerprint density at radius 1 is 1.16 bits per heavy atom. The summed E-state index contributed by atoms with van der Waals surface area (Å²) in [6.07, 6.45) is 0. The summed E-state index contributed by atoms with van der Waals surface area (Å²) in [5, 5.41) is 11.7. The van der Waals surface area contributed by atoms with Crippen LogP contribution in [0.1, 0.15) is 34.5 Å². The van der Waals surface area contributed by atoms with Crippen LogP contribution in [-0.2, 0) is 16.1 Å². The van der Waals surface area contributed by atoms with Gasteiger partial charge in [0.2, 0.25) is 0 Å². The molecule has 2 amide bonds. The van der Waals surface area contributed by atoms with Gasteiger partial charge in [-0.05, 0) is 30.7 Å². The Labute approximate surface area is 182 Å². The first-order valence-electron chi connectivity index (χ1n) is 9.46. The number of hydrogen-bond donors (Lipinski definition) is 2. The van der Waals surface area contributed by atoms with E-state index in [1.54, 1.807) is 25.1 Å². The zero-order valence-electron chi connectivity index (χ0n) is 17.2. The minimum atomic E-state index is -3.09. The third kappa shape index (κ3) is 4.69. The quantitative estimate of drug-likeness (QED) is 0.629. The van der Waals surface area contributed by atoms with E-state index in [0.29, 0.717) is 5.56 Å². The van der Waals surface area contributed by atoms with Gasteiger partial charge in [-0.3, -0.25) is 4.90 Å². The molecule has 168 valence electrons. The number of alkyl halides is 2. The number of carboxylic acid groups (broad SMARTS) is 1. The molecule has 1 unspecified atom stereocenters. The van der Waals surface area contributed by atoms with Crippen molar-refractivity contribution in [2.45, 2.75) is 26.1 Å². The third-order valence-corrected chi connectivity index (χ3v) is 4.99. The number of hydrogen-bond acceptors (Lipinski definition) is 5. The maximum absolute atomic E-state index is 12.9. The summed E-state index contributed by atoms with van der Waals surface area (Å²) in [5.74, 6) is -2.01. The van der Waals surface area contributed by atoms with Gasteiger partial charge in [0, 0.05) is 11.3 Å². The van der Waals surface area contributed by atoms with Gasteiger partial charge in [-0.15, -0.1) is 0 Å². The van der Waals surface area contributed by atoms with Gasteiger partial charge in [0.25, 0.3) is 0 Å². The number of carbonyl (C=O) groups is 3. The first kappa shape index (κ1) is 22.7. The van der Waals surface area contributed by atoms with Crippen LogP contribution in [0.4, 0.5) is 13.6 Å². The number of ether oxygens (including phenoxy) is 2. The standard InChI is InChI=1S/C22H20F2N2O6/c1-12-17(20(29)31-2)18(15-5-3-4-6-16(15)32-21(23)24)25-22(30)26(12)11-13-7-9-14(10-8-13)19(27)28/h3-10,18,21H,11H2,1-2H3,(H,25,30)(H,27,28). The van der Waals surface area contributed by atoms with Crippen molar-refractivity contribution < 1.29 is 37.7 Å². The number of esters is 1. The van der Waals surface area contributed by atoms with Crippen LogP contribution in [0.2, 0.25) is 0 Å². The number of carboxylic acids is 1. The molecular weight excluding hydrogens is 426 g/mol. The molecule has 0 spiro atoms. The molecule has 1 atom stereocenters. The molecule has 2 aromatic rings. The SMILES string of the molecule is COC(=O)C1=C(C)N(Cc2ccc(C(=O)O)cc2)C(=O)NC1c1ccccc1OC(F)F. The van der Waals surface area contributed by atoms with Crippen LogP contribution in [0.25, 0.3) is 0 Å². The Balaban J connectivity index is 2.01. The van der Waals surface area contributed by atoms with E-state index in [2.05, 4.69) is 10.1 Å². The fourth-order valence-electron chi connectivity index (χ4n) is 3.44. The molecule has 0 saturated carbocycles. The lowest BCUT2D eigenvalue weighted by Gasteiger charge is -2.35. The Hall–Kier alpha value is -3.95. The van der Waals surface area contributed by atoms with Crippen LogP contribution in [0.5, 0.6) is 5.75 Å². The molecule has 2 N–H and O–H groups in total. The highest BCUT2D eigenvalue weighted by molar-refractivity contribution is 5.95. The molecule has 2 aromatic carbocycles. The van der Waals surface area contributed by atoms with Crippen LogP contribution < -0.4 is 10.1 Å². The number of allylic oxidation sites excluding steroid dienone is 1. The number of methoxy groups -OCH3 is 1. The van der Waals surface area contributed by atoms with E-state index in [0.717, 1.165) is 0 Å². The van der Waals surface area contributed by atoms with Crippen molar-refractivity contribution >= 4 is 18.0 Å². The third-order valence-electron chi connectivity index (χ3n) is 4.99. The zero-order valence-corrected chi connectivity index (χ0v) is 17.2. The number of halogens is 2. The van der Waals surface area contributed by atoms with E-state index in [1.165, 1.54) is 42.3 Å². The van der Waals surface area contributed by atoms with Gasteiger partial charge >= 0.3 is 24.6 Å². The molecular formula is C22H20F2N2O6. The fraction of sp³-hybridized carbons (Fsp3) is 0.227. The smallest absolute Gasteiger partial charge is 0.387 e. The molecule has 1 aliphatic heterocycles. The number of carbonyl (C=O) groups excluding carboxylic acids is 2. The van der Waals surface area contributed by atoms with Crippen molar-refractivity contribution in [3.8, 4) is 5.75 Å². The molecule has 0 saturated heterocycles. The zero-order chi connectivity index (χ0) is 23.4. The molecule has 10 heteroatoms. The molecule has 3 rings (SSSR count). The van der Waals surface area contributed by atoms with Crippen molar-refractivity contribution in [3.05, 3.63) is 76.5 Å². The van der Waals surface area contributed by atoms with Gasteiger partial charge in [-0.1, -0.05) is 30.3 Å². The number of benzene rings is 2. The minimum absolute atomic E-state index is 0.0416. The first-order chi connectivity index (χ1) is 15.2. The molecule has 1 aliphatic rings. The average Bonchev–Trinajstić information content (AvgIpc) is 2.76. The lowest BCUT2D eigenvalue weighted by atomic mass is 9.94. The predicted octanol–water partition coefficient (Wildman–Crippen LogP) is 3.70. The number of nitrogens with one attached hydrogen (secondary N) is 1. The van der Waals surface area contributed by atoms with E-state index in [9.17, 15) is 23.2 Å². The summed E-state index contributed by atoms with van der Waals surface area (Å²) in [5.41, 5.74) is 1.20. The van der Waals surface area contributed by atoms with Crippen molar-refractivity contribution in [1.29, 1.82) is 0 Å². The second kappa shape index (κ2) is 9.46. The van der Waals surface area contributed by atoms with Crippen LogP contribution in [0.15, 0.2) is 59.8 Å². The number of para-hydroxylation sites is 1. The molecule has 32 heavy (non-hydrogen) atoms. The Bertz CT molecular complexity index is 1070. The highest BCUT2D eigenvalue weighted by Gasteiger charge is 2.37. The van der Waals surface area contributed by atoms with Gasteiger partial charge in [0.15, 0.2) is 0 Å². The average molecular weight is 446 g/mol. The predicted molar refractivity (Wildman–Crippen MR) is 108 cm³/mol. The topological polar surface area (TPSA) is 105 Å². The molecule has 0 aliphatic carbocycles. The van der Waals surface area contributed by atoms with E-state index >= 15 is 0 Å². The lowest BCUT2D eigenvalue weighted by molar-refractivity contribution is -0.136. The van der Waals surface area contributed by atoms with Gasteiger partial charge in [-0.25, -0.2) is 14.4 Å².